The molecule has 1 N–H and O–H groups in total. The Balaban J connectivity index is 1.61. The molecule has 0 radical (unpaired) electrons. The van der Waals surface area contributed by atoms with Crippen LogP contribution in [0.2, 0.25) is 0 Å². The first-order valence-corrected chi connectivity index (χ1v) is 10.6. The molecule has 5 nitrogen and oxygen atoms in total. The van der Waals surface area contributed by atoms with Crippen molar-refractivity contribution in [3.63, 3.8) is 0 Å². The summed E-state index contributed by atoms with van der Waals surface area (Å²) in [6, 6.07) is 0.240. The first kappa shape index (κ1) is 21.4. The summed E-state index contributed by atoms with van der Waals surface area (Å²) in [6.07, 6.45) is 8.15. The summed E-state index contributed by atoms with van der Waals surface area (Å²) in [5.74, 6) is 0.758. The number of ketones is 1. The van der Waals surface area contributed by atoms with Gasteiger partial charge in [-0.2, -0.15) is 0 Å². The molecular weight excluding hydrogens is 328 g/mol. The van der Waals surface area contributed by atoms with E-state index in [0.29, 0.717) is 24.9 Å². The molecule has 1 aliphatic heterocycles. The third-order valence-corrected chi connectivity index (χ3v) is 6.24. The van der Waals surface area contributed by atoms with Crippen molar-refractivity contribution in [2.75, 3.05) is 32.8 Å². The number of piperidine rings is 1. The lowest BCUT2D eigenvalue weighted by Crippen LogP contribution is -2.45. The lowest BCUT2D eigenvalue weighted by atomic mass is 9.65. The molecule has 0 atom stereocenters. The van der Waals surface area contributed by atoms with E-state index in [2.05, 4.69) is 10.2 Å². The van der Waals surface area contributed by atoms with Crippen LogP contribution >= 0.6 is 0 Å². The number of nitrogens with one attached hydrogen (secondary N) is 1. The van der Waals surface area contributed by atoms with Crippen molar-refractivity contribution < 1.29 is 14.3 Å². The highest BCUT2D eigenvalue weighted by Gasteiger charge is 2.39. The van der Waals surface area contributed by atoms with E-state index in [4.69, 9.17) is 4.74 Å². The number of hydrogen-bond donors (Lipinski definition) is 1. The van der Waals surface area contributed by atoms with Crippen LogP contribution < -0.4 is 5.32 Å². The number of likely N-dealkylation sites (tertiary alicyclic amines) is 1. The second-order valence-corrected chi connectivity index (χ2v) is 8.53. The summed E-state index contributed by atoms with van der Waals surface area (Å²) in [6.45, 7) is 10.5. The van der Waals surface area contributed by atoms with Gasteiger partial charge in [0.25, 0.3) is 0 Å². The van der Waals surface area contributed by atoms with Crippen molar-refractivity contribution in [2.24, 2.45) is 11.3 Å². The molecule has 150 valence electrons. The van der Waals surface area contributed by atoms with E-state index in [1.807, 2.05) is 20.8 Å². The number of ether oxygens (including phenoxy) is 1. The van der Waals surface area contributed by atoms with Crippen molar-refractivity contribution in [2.45, 2.75) is 78.2 Å². The molecule has 1 heterocycles. The number of hydrogen-bond acceptors (Lipinski definition) is 4. The Labute approximate surface area is 159 Å². The van der Waals surface area contributed by atoms with E-state index in [-0.39, 0.29) is 23.7 Å². The number of nitrogens with zero attached hydrogens (tertiary/aromatic N) is 1. The smallest absolute Gasteiger partial charge is 0.223 e. The van der Waals surface area contributed by atoms with Crippen LogP contribution in [0.5, 0.6) is 0 Å². The molecule has 26 heavy (non-hydrogen) atoms. The fourth-order valence-corrected chi connectivity index (χ4v) is 4.30. The molecule has 0 aromatic heterocycles. The van der Waals surface area contributed by atoms with Crippen LogP contribution in [-0.4, -0.2) is 55.5 Å². The highest BCUT2D eigenvalue weighted by Crippen LogP contribution is 2.46. The Morgan fingerprint density at radius 3 is 2.35 bits per heavy atom. The summed E-state index contributed by atoms with van der Waals surface area (Å²) >= 11 is 0. The number of Topliss-reactive ketones (excluding diaryl/α,β-unsaturated/α-hetero) is 1. The Kier molecular flexibility index (Phi) is 8.55. The van der Waals surface area contributed by atoms with Gasteiger partial charge in [0.2, 0.25) is 5.91 Å². The van der Waals surface area contributed by atoms with Gasteiger partial charge in [-0.15, -0.1) is 0 Å². The largest absolute Gasteiger partial charge is 0.380 e. The first-order valence-electron chi connectivity index (χ1n) is 10.6. The Hall–Kier alpha value is -0.940. The maximum absolute atomic E-state index is 12.2. The molecule has 1 spiro atoms. The molecular formula is C21H38N2O3. The summed E-state index contributed by atoms with van der Waals surface area (Å²) in [4.78, 5) is 26.0. The average Bonchev–Trinajstić information content (AvgIpc) is 2.63. The Bertz CT molecular complexity index is 446. The monoisotopic (exact) mass is 366 g/mol. The summed E-state index contributed by atoms with van der Waals surface area (Å²) in [5, 5.41) is 3.07. The zero-order chi connectivity index (χ0) is 19.0. The van der Waals surface area contributed by atoms with Gasteiger partial charge < -0.3 is 15.0 Å². The summed E-state index contributed by atoms with van der Waals surface area (Å²) in [7, 11) is 0. The van der Waals surface area contributed by atoms with Gasteiger partial charge in [-0.1, -0.05) is 6.92 Å². The maximum Gasteiger partial charge on any atom is 0.223 e. The molecule has 1 saturated carbocycles. The molecule has 0 aromatic rings. The number of rotatable bonds is 9. The van der Waals surface area contributed by atoms with E-state index >= 15 is 0 Å². The summed E-state index contributed by atoms with van der Waals surface area (Å²) < 4.78 is 5.61. The molecule has 2 fully saturated rings. The van der Waals surface area contributed by atoms with Crippen LogP contribution in [0, 0.1) is 11.3 Å². The highest BCUT2D eigenvalue weighted by atomic mass is 16.5. The molecule has 1 amide bonds. The van der Waals surface area contributed by atoms with Crippen LogP contribution in [0.15, 0.2) is 0 Å². The number of carbonyl (C=O) groups is 2. The van der Waals surface area contributed by atoms with Crippen molar-refractivity contribution in [3.05, 3.63) is 0 Å². The van der Waals surface area contributed by atoms with E-state index in [1.165, 1.54) is 25.7 Å². The number of amides is 1. The standard InChI is InChI=1S/C21H38N2O3/c1-4-19(24)7-15-26-16-14-23-12-10-21(11-13-23)8-5-18(6-9-21)20(25)22-17(2)3/h17-18H,4-16H2,1-3H3,(H,22,25). The van der Waals surface area contributed by atoms with Gasteiger partial charge >= 0.3 is 0 Å². The molecule has 2 aliphatic rings. The third-order valence-electron chi connectivity index (χ3n) is 6.24. The van der Waals surface area contributed by atoms with Crippen molar-refractivity contribution in [1.82, 2.24) is 10.2 Å². The van der Waals surface area contributed by atoms with Gasteiger partial charge in [-0.25, -0.2) is 0 Å². The fourth-order valence-electron chi connectivity index (χ4n) is 4.30. The Morgan fingerprint density at radius 2 is 1.77 bits per heavy atom. The fraction of sp³-hybridized carbons (Fsp3) is 0.905. The van der Waals surface area contributed by atoms with Crippen LogP contribution in [0.4, 0.5) is 0 Å². The van der Waals surface area contributed by atoms with Crippen LogP contribution in [0.3, 0.4) is 0 Å². The van der Waals surface area contributed by atoms with Gasteiger partial charge in [0.1, 0.15) is 5.78 Å². The highest BCUT2D eigenvalue weighted by molar-refractivity contribution is 5.79. The van der Waals surface area contributed by atoms with Crippen molar-refractivity contribution in [3.8, 4) is 0 Å². The van der Waals surface area contributed by atoms with E-state index < -0.39 is 0 Å². The maximum atomic E-state index is 12.2. The van der Waals surface area contributed by atoms with E-state index in [0.717, 1.165) is 39.1 Å². The quantitative estimate of drug-likeness (QED) is 0.637. The van der Waals surface area contributed by atoms with Crippen molar-refractivity contribution in [1.29, 1.82) is 0 Å². The van der Waals surface area contributed by atoms with Gasteiger partial charge in [0.15, 0.2) is 0 Å². The molecule has 1 aliphatic carbocycles. The topological polar surface area (TPSA) is 58.6 Å². The third kappa shape index (κ3) is 6.66. The van der Waals surface area contributed by atoms with Gasteiger partial charge in [0, 0.05) is 31.3 Å². The van der Waals surface area contributed by atoms with Gasteiger partial charge in [0.05, 0.1) is 13.2 Å². The minimum absolute atomic E-state index is 0.222. The second kappa shape index (κ2) is 10.4. The minimum atomic E-state index is 0.222. The van der Waals surface area contributed by atoms with E-state index in [1.54, 1.807) is 0 Å². The van der Waals surface area contributed by atoms with Gasteiger partial charge in [-0.3, -0.25) is 9.59 Å². The average molecular weight is 367 g/mol. The lowest BCUT2D eigenvalue weighted by Gasteiger charge is -2.45. The molecule has 5 heteroatoms. The first-order chi connectivity index (χ1) is 12.4. The molecule has 0 aromatic carbocycles. The zero-order valence-electron chi connectivity index (χ0n) is 17.0. The molecule has 0 unspecified atom stereocenters. The van der Waals surface area contributed by atoms with Gasteiger partial charge in [-0.05, 0) is 70.9 Å². The minimum Gasteiger partial charge on any atom is -0.380 e. The summed E-state index contributed by atoms with van der Waals surface area (Å²) in [5.41, 5.74) is 0.472. The SMILES string of the molecule is CCC(=O)CCOCCN1CCC2(CCC(C(=O)NC(C)C)CC2)CC1. The van der Waals surface area contributed by atoms with Crippen molar-refractivity contribution >= 4 is 11.7 Å². The molecule has 1 saturated heterocycles. The molecule has 2 rings (SSSR count). The van der Waals surface area contributed by atoms with Crippen LogP contribution in [-0.2, 0) is 14.3 Å². The Morgan fingerprint density at radius 1 is 1.12 bits per heavy atom. The second-order valence-electron chi connectivity index (χ2n) is 8.53. The molecule has 0 bridgehead atoms. The normalized spacial score (nSPS) is 21.2. The number of carbonyl (C=O) groups excluding carboxylic acids is 2. The van der Waals surface area contributed by atoms with Crippen LogP contribution in [0.25, 0.3) is 0 Å². The predicted molar refractivity (Wildman–Crippen MR) is 104 cm³/mol. The van der Waals surface area contributed by atoms with E-state index in [9.17, 15) is 9.59 Å². The van der Waals surface area contributed by atoms with Crippen LogP contribution in [0.1, 0.15) is 72.1 Å². The predicted octanol–water partition coefficient (Wildman–Crippen LogP) is 3.17. The lowest BCUT2D eigenvalue weighted by molar-refractivity contribution is -0.127. The zero-order valence-corrected chi connectivity index (χ0v) is 17.0.